The van der Waals surface area contributed by atoms with Crippen molar-refractivity contribution in [1.29, 1.82) is 0 Å². The summed E-state index contributed by atoms with van der Waals surface area (Å²) in [4.78, 5) is 26.1. The van der Waals surface area contributed by atoms with Crippen LogP contribution in [-0.4, -0.2) is 31.9 Å². The van der Waals surface area contributed by atoms with Crippen LogP contribution in [0.15, 0.2) is 94.3 Å². The highest BCUT2D eigenvalue weighted by Crippen LogP contribution is 2.44. The minimum atomic E-state index is -0.435. The first kappa shape index (κ1) is 27.0. The highest BCUT2D eigenvalue weighted by molar-refractivity contribution is 5.90. The molecule has 42 heavy (non-hydrogen) atoms. The Bertz CT molecular complexity index is 1820. The quantitative estimate of drug-likeness (QED) is 0.174. The van der Waals surface area contributed by atoms with Crippen LogP contribution in [0.25, 0.3) is 22.1 Å². The number of phenols is 1. The number of benzene rings is 4. The van der Waals surface area contributed by atoms with Crippen molar-refractivity contribution < 1.29 is 33.3 Å². The van der Waals surface area contributed by atoms with Gasteiger partial charge >= 0.3 is 5.97 Å². The van der Waals surface area contributed by atoms with Gasteiger partial charge in [0.05, 0.1) is 38.2 Å². The number of phenolic OH excluding ortho intramolecular Hbond substituents is 1. The lowest BCUT2D eigenvalue weighted by Crippen LogP contribution is -2.22. The van der Waals surface area contributed by atoms with Gasteiger partial charge < -0.3 is 28.5 Å². The highest BCUT2D eigenvalue weighted by Gasteiger charge is 2.32. The summed E-state index contributed by atoms with van der Waals surface area (Å²) in [7, 11) is 3.20. The first-order valence-electron chi connectivity index (χ1n) is 13.5. The standard InChI is InChI=1S/C34H28O8/c1-38-24-10-3-20(4-11-24)15-16-40-28-13-7-22(17-30(28)39-2)26-18-31(36)42-29-14-12-25-33(37)27(19-41-34(25)32(26)29)21-5-8-23(35)9-6-21/h3-14,17,19,26,35H,15-16,18H2,1-2H3/t26-/m1/s1. The molecule has 5 aromatic rings. The van der Waals surface area contributed by atoms with E-state index in [1.54, 1.807) is 38.5 Å². The first-order chi connectivity index (χ1) is 20.4. The van der Waals surface area contributed by atoms with Gasteiger partial charge in [0.2, 0.25) is 5.43 Å². The van der Waals surface area contributed by atoms with E-state index in [4.69, 9.17) is 23.4 Å². The predicted molar refractivity (Wildman–Crippen MR) is 157 cm³/mol. The van der Waals surface area contributed by atoms with E-state index in [1.165, 1.54) is 18.4 Å². The molecule has 1 N–H and O–H groups in total. The molecule has 0 radical (unpaired) electrons. The third-order valence-corrected chi connectivity index (χ3v) is 7.46. The molecule has 0 saturated carbocycles. The number of carbonyl (C=O) groups excluding carboxylic acids is 1. The van der Waals surface area contributed by atoms with Gasteiger partial charge in [0.15, 0.2) is 11.5 Å². The van der Waals surface area contributed by atoms with Crippen LogP contribution in [0.3, 0.4) is 0 Å². The molecule has 1 aliphatic rings. The summed E-state index contributed by atoms with van der Waals surface area (Å²) in [6.45, 7) is 0.444. The zero-order valence-electron chi connectivity index (χ0n) is 23.1. The van der Waals surface area contributed by atoms with Crippen LogP contribution in [0.5, 0.6) is 28.7 Å². The molecule has 0 spiro atoms. The summed E-state index contributed by atoms with van der Waals surface area (Å²) in [5, 5.41) is 10.0. The zero-order chi connectivity index (χ0) is 29.2. The van der Waals surface area contributed by atoms with Gasteiger partial charge in [-0.05, 0) is 65.2 Å². The average Bonchev–Trinajstić information content (AvgIpc) is 3.01. The Morgan fingerprint density at radius 2 is 1.67 bits per heavy atom. The third-order valence-electron chi connectivity index (χ3n) is 7.46. The van der Waals surface area contributed by atoms with Gasteiger partial charge in [-0.25, -0.2) is 0 Å². The van der Waals surface area contributed by atoms with Gasteiger partial charge in [-0.3, -0.25) is 9.59 Å². The Morgan fingerprint density at radius 3 is 2.40 bits per heavy atom. The van der Waals surface area contributed by atoms with Gasteiger partial charge in [0.25, 0.3) is 0 Å². The lowest BCUT2D eigenvalue weighted by atomic mass is 9.85. The van der Waals surface area contributed by atoms with Crippen LogP contribution in [0.4, 0.5) is 0 Å². The largest absolute Gasteiger partial charge is 0.508 e. The van der Waals surface area contributed by atoms with Gasteiger partial charge in [0, 0.05) is 17.9 Å². The molecule has 2 heterocycles. The van der Waals surface area contributed by atoms with Crippen LogP contribution in [0.1, 0.15) is 29.0 Å². The second-order valence-electron chi connectivity index (χ2n) is 9.97. The Balaban J connectivity index is 1.32. The molecule has 1 aliphatic heterocycles. The summed E-state index contributed by atoms with van der Waals surface area (Å²) in [6, 6.07) is 23.0. The molecular weight excluding hydrogens is 536 g/mol. The molecule has 8 nitrogen and oxygen atoms in total. The molecule has 1 aromatic heterocycles. The van der Waals surface area contributed by atoms with E-state index in [9.17, 15) is 14.7 Å². The van der Waals surface area contributed by atoms with Crippen LogP contribution < -0.4 is 24.4 Å². The van der Waals surface area contributed by atoms with Gasteiger partial charge in [-0.2, -0.15) is 0 Å². The van der Waals surface area contributed by atoms with Crippen LogP contribution in [0.2, 0.25) is 0 Å². The van der Waals surface area contributed by atoms with E-state index in [2.05, 4.69) is 0 Å². The number of ether oxygens (including phenoxy) is 4. The summed E-state index contributed by atoms with van der Waals surface area (Å²) in [6.07, 6.45) is 2.18. The lowest BCUT2D eigenvalue weighted by molar-refractivity contribution is -0.135. The molecule has 0 saturated heterocycles. The number of carbonyl (C=O) groups is 1. The smallest absolute Gasteiger partial charge is 0.312 e. The SMILES string of the molecule is COc1ccc(CCOc2ccc([C@H]3CC(=O)Oc4ccc5c(=O)c(-c6ccc(O)cc6)coc5c43)cc2OC)cc1. The molecule has 8 heteroatoms. The van der Waals surface area contributed by atoms with Crippen LogP contribution in [0, 0.1) is 0 Å². The Hall–Kier alpha value is -5.24. The van der Waals surface area contributed by atoms with Crippen LogP contribution >= 0.6 is 0 Å². The Labute approximate surface area is 241 Å². The molecule has 6 rings (SSSR count). The summed E-state index contributed by atoms with van der Waals surface area (Å²) in [5.74, 6) is 1.55. The van der Waals surface area contributed by atoms with Crippen molar-refractivity contribution in [3.63, 3.8) is 0 Å². The van der Waals surface area contributed by atoms with Crippen molar-refractivity contribution in [3.8, 4) is 39.9 Å². The number of fused-ring (bicyclic) bond motifs is 3. The summed E-state index contributed by atoms with van der Waals surface area (Å²) >= 11 is 0. The van der Waals surface area contributed by atoms with Crippen molar-refractivity contribution in [3.05, 3.63) is 112 Å². The van der Waals surface area contributed by atoms with E-state index < -0.39 is 5.92 Å². The molecule has 0 aliphatic carbocycles. The maximum Gasteiger partial charge on any atom is 0.312 e. The van der Waals surface area contributed by atoms with E-state index >= 15 is 0 Å². The number of methoxy groups -OCH3 is 2. The maximum absolute atomic E-state index is 13.5. The topological polar surface area (TPSA) is 104 Å². The molecule has 0 bridgehead atoms. The zero-order valence-corrected chi connectivity index (χ0v) is 23.1. The van der Waals surface area contributed by atoms with E-state index in [1.807, 2.05) is 42.5 Å². The highest BCUT2D eigenvalue weighted by atomic mass is 16.5. The predicted octanol–water partition coefficient (Wildman–Crippen LogP) is 6.25. The monoisotopic (exact) mass is 564 g/mol. The van der Waals surface area contributed by atoms with E-state index in [0.29, 0.717) is 57.9 Å². The lowest BCUT2D eigenvalue weighted by Gasteiger charge is -2.26. The second kappa shape index (κ2) is 11.3. The minimum absolute atomic E-state index is 0.0658. The average molecular weight is 565 g/mol. The van der Waals surface area contributed by atoms with Gasteiger partial charge in [-0.1, -0.05) is 30.3 Å². The van der Waals surface area contributed by atoms with Crippen molar-refractivity contribution >= 4 is 16.9 Å². The fraction of sp³-hybridized carbons (Fsp3) is 0.176. The van der Waals surface area contributed by atoms with Crippen molar-refractivity contribution in [2.75, 3.05) is 20.8 Å². The fourth-order valence-corrected chi connectivity index (χ4v) is 5.27. The van der Waals surface area contributed by atoms with Crippen molar-refractivity contribution in [1.82, 2.24) is 0 Å². The molecular formula is C34H28O8. The van der Waals surface area contributed by atoms with Crippen molar-refractivity contribution in [2.24, 2.45) is 0 Å². The molecule has 0 amide bonds. The molecule has 0 unspecified atom stereocenters. The molecule has 212 valence electrons. The summed E-state index contributed by atoms with van der Waals surface area (Å²) in [5.41, 5.74) is 3.66. The number of hydrogen-bond donors (Lipinski definition) is 1. The van der Waals surface area contributed by atoms with Crippen molar-refractivity contribution in [2.45, 2.75) is 18.8 Å². The van der Waals surface area contributed by atoms with E-state index in [-0.39, 0.29) is 23.6 Å². The molecule has 4 aromatic carbocycles. The van der Waals surface area contributed by atoms with Gasteiger partial charge in [-0.15, -0.1) is 0 Å². The summed E-state index contributed by atoms with van der Waals surface area (Å²) < 4.78 is 28.5. The second-order valence-corrected chi connectivity index (χ2v) is 9.97. The van der Waals surface area contributed by atoms with Crippen LogP contribution in [-0.2, 0) is 11.2 Å². The molecule has 1 atom stereocenters. The third kappa shape index (κ3) is 5.14. The first-order valence-corrected chi connectivity index (χ1v) is 13.5. The fourth-order valence-electron chi connectivity index (χ4n) is 5.27. The van der Waals surface area contributed by atoms with Gasteiger partial charge in [0.1, 0.15) is 29.1 Å². The Kier molecular flexibility index (Phi) is 7.27. The number of hydrogen-bond acceptors (Lipinski definition) is 8. The number of esters is 1. The maximum atomic E-state index is 13.5. The molecule has 0 fully saturated rings. The normalized spacial score (nSPS) is 14.2. The number of aromatic hydroxyl groups is 1. The number of rotatable bonds is 8. The Morgan fingerprint density at radius 1 is 0.881 bits per heavy atom. The minimum Gasteiger partial charge on any atom is -0.508 e. The van der Waals surface area contributed by atoms with E-state index in [0.717, 1.165) is 16.9 Å².